The summed E-state index contributed by atoms with van der Waals surface area (Å²) in [4.78, 5) is 26.1. The SMILES string of the molecule is C=C(OCC(C(=C)N/C(C)=N/N=C(\C)CCCCc1nnc(NC(=O)C(COC(=O)C2CCNCC2)c2ccccc2)s1)c1ccccc1)C1CCNCC1. The lowest BCUT2D eigenvalue weighted by Crippen LogP contribution is -2.34. The molecule has 0 bridgehead atoms. The van der Waals surface area contributed by atoms with Crippen molar-refractivity contribution >= 4 is 39.9 Å². The summed E-state index contributed by atoms with van der Waals surface area (Å²) in [6.07, 6.45) is 6.86. The Hall–Kier alpha value is -4.72. The third-order valence-corrected chi connectivity index (χ3v) is 10.9. The van der Waals surface area contributed by atoms with Gasteiger partial charge in [-0.15, -0.1) is 15.3 Å². The Kier molecular flexibility index (Phi) is 16.6. The van der Waals surface area contributed by atoms with Crippen LogP contribution in [0.4, 0.5) is 5.13 Å². The standard InChI is InChI=1S/C42H56N8O4S/c1-29(47-48-32(4)45-30(2)37(34-14-7-5-8-15-34)27-53-31(3)33-19-23-43-24-20-33)13-11-12-18-39-49-50-42(55-39)46-40(51)38(35-16-9-6-10-17-35)28-54-41(52)36-21-25-44-26-22-36/h5-10,14-17,33,36-38,43-44H,2-3,11-13,18-28H2,1,4H3,(H,45,48)(H,46,50,51)/b47-29+. The van der Waals surface area contributed by atoms with E-state index < -0.39 is 5.92 Å². The van der Waals surface area contributed by atoms with Crippen LogP contribution in [0.15, 0.2) is 95.5 Å². The Morgan fingerprint density at radius 3 is 2.07 bits per heavy atom. The Balaban J connectivity index is 1.06. The van der Waals surface area contributed by atoms with Crippen LogP contribution in [0.2, 0.25) is 0 Å². The van der Waals surface area contributed by atoms with Crippen molar-refractivity contribution in [1.82, 2.24) is 26.1 Å². The number of nitrogens with zero attached hydrogens (tertiary/aromatic N) is 4. The van der Waals surface area contributed by atoms with Crippen LogP contribution in [0, 0.1) is 11.8 Å². The molecular formula is C42H56N8O4S. The van der Waals surface area contributed by atoms with Crippen molar-refractivity contribution in [3.05, 3.63) is 101 Å². The molecule has 2 unspecified atom stereocenters. The van der Waals surface area contributed by atoms with Gasteiger partial charge in [-0.3, -0.25) is 14.9 Å². The molecule has 2 aromatic carbocycles. The number of rotatable bonds is 19. The van der Waals surface area contributed by atoms with Crippen molar-refractivity contribution in [2.24, 2.45) is 22.0 Å². The summed E-state index contributed by atoms with van der Waals surface area (Å²) in [5.41, 5.74) is 3.59. The number of benzene rings is 2. The van der Waals surface area contributed by atoms with Gasteiger partial charge in [0.2, 0.25) is 11.0 Å². The summed E-state index contributed by atoms with van der Waals surface area (Å²) < 4.78 is 11.9. The van der Waals surface area contributed by atoms with Crippen LogP contribution >= 0.6 is 11.3 Å². The molecule has 0 radical (unpaired) electrons. The largest absolute Gasteiger partial charge is 0.497 e. The van der Waals surface area contributed by atoms with Crippen molar-refractivity contribution in [2.45, 2.75) is 77.0 Å². The highest BCUT2D eigenvalue weighted by molar-refractivity contribution is 7.15. The predicted octanol–water partition coefficient (Wildman–Crippen LogP) is 6.73. The summed E-state index contributed by atoms with van der Waals surface area (Å²) >= 11 is 1.36. The highest BCUT2D eigenvalue weighted by Crippen LogP contribution is 2.27. The number of amidine groups is 1. The number of hydrogen-bond acceptors (Lipinski definition) is 11. The number of amides is 1. The molecule has 3 heterocycles. The van der Waals surface area contributed by atoms with Gasteiger partial charge in [0.25, 0.3) is 0 Å². The van der Waals surface area contributed by atoms with E-state index in [1.54, 1.807) is 0 Å². The van der Waals surface area contributed by atoms with Crippen molar-refractivity contribution in [3.8, 4) is 0 Å². The molecule has 2 aliphatic heterocycles. The number of carbonyl (C=O) groups is 2. The molecule has 4 N–H and O–H groups in total. The summed E-state index contributed by atoms with van der Waals surface area (Å²) in [6.45, 7) is 16.4. The van der Waals surface area contributed by atoms with Gasteiger partial charge in [-0.25, -0.2) is 0 Å². The van der Waals surface area contributed by atoms with Crippen molar-refractivity contribution < 1.29 is 19.1 Å². The zero-order valence-electron chi connectivity index (χ0n) is 32.2. The quantitative estimate of drug-likeness (QED) is 0.0260. The molecule has 13 heteroatoms. The number of piperidine rings is 2. The maximum atomic E-state index is 13.4. The highest BCUT2D eigenvalue weighted by Gasteiger charge is 2.28. The molecule has 2 atom stereocenters. The van der Waals surface area contributed by atoms with E-state index in [1.807, 2.05) is 62.4 Å². The number of allylic oxidation sites excluding steroid dienone is 1. The van der Waals surface area contributed by atoms with Gasteiger partial charge in [-0.1, -0.05) is 85.2 Å². The third-order valence-electron chi connectivity index (χ3n) is 10.0. The van der Waals surface area contributed by atoms with E-state index in [4.69, 9.17) is 9.47 Å². The second-order valence-corrected chi connectivity index (χ2v) is 15.3. The van der Waals surface area contributed by atoms with Gasteiger partial charge in [0, 0.05) is 23.7 Å². The van der Waals surface area contributed by atoms with E-state index in [1.165, 1.54) is 11.3 Å². The predicted molar refractivity (Wildman–Crippen MR) is 220 cm³/mol. The van der Waals surface area contributed by atoms with Crippen molar-refractivity contribution in [2.75, 3.05) is 44.7 Å². The Labute approximate surface area is 329 Å². The minimum Gasteiger partial charge on any atom is -0.497 e. The van der Waals surface area contributed by atoms with Gasteiger partial charge in [0.05, 0.1) is 23.5 Å². The molecule has 2 saturated heterocycles. The lowest BCUT2D eigenvalue weighted by molar-refractivity contribution is -0.150. The van der Waals surface area contributed by atoms with E-state index >= 15 is 0 Å². The minimum absolute atomic E-state index is 0.0298. The molecule has 294 valence electrons. The second kappa shape index (κ2) is 22.0. The summed E-state index contributed by atoms with van der Waals surface area (Å²) in [7, 11) is 0. The average molecular weight is 769 g/mol. The Morgan fingerprint density at radius 1 is 0.818 bits per heavy atom. The first-order chi connectivity index (χ1) is 26.8. The van der Waals surface area contributed by atoms with E-state index in [9.17, 15) is 9.59 Å². The van der Waals surface area contributed by atoms with Crippen LogP contribution in [0.25, 0.3) is 0 Å². The van der Waals surface area contributed by atoms with Crippen LogP contribution in [0.3, 0.4) is 0 Å². The molecule has 2 fully saturated rings. The monoisotopic (exact) mass is 768 g/mol. The fourth-order valence-electron chi connectivity index (χ4n) is 6.69. The summed E-state index contributed by atoms with van der Waals surface area (Å²) in [5, 5.41) is 31.6. The molecule has 0 spiro atoms. The minimum atomic E-state index is -0.658. The molecule has 55 heavy (non-hydrogen) atoms. The van der Waals surface area contributed by atoms with Crippen LogP contribution in [-0.4, -0.2) is 73.0 Å². The number of unbranched alkanes of at least 4 members (excludes halogenated alkanes) is 1. The topological polar surface area (TPSA) is 151 Å². The number of carbonyl (C=O) groups excluding carboxylic acids is 2. The maximum absolute atomic E-state index is 13.4. The first-order valence-corrected chi connectivity index (χ1v) is 20.2. The first kappa shape index (κ1) is 41.4. The molecule has 0 saturated carbocycles. The van der Waals surface area contributed by atoms with Crippen molar-refractivity contribution in [3.63, 3.8) is 0 Å². The average Bonchev–Trinajstić information content (AvgIpc) is 3.66. The fourth-order valence-corrected chi connectivity index (χ4v) is 7.48. The lowest BCUT2D eigenvalue weighted by atomic mass is 9.95. The van der Waals surface area contributed by atoms with Gasteiger partial charge < -0.3 is 25.4 Å². The second-order valence-electron chi connectivity index (χ2n) is 14.3. The molecule has 5 rings (SSSR count). The molecule has 0 aliphatic carbocycles. The van der Waals surface area contributed by atoms with Gasteiger partial charge in [0.1, 0.15) is 24.1 Å². The molecule has 3 aromatic rings. The van der Waals surface area contributed by atoms with Gasteiger partial charge in [-0.2, -0.15) is 5.10 Å². The molecule has 12 nitrogen and oxygen atoms in total. The van der Waals surface area contributed by atoms with E-state index in [0.717, 1.165) is 111 Å². The summed E-state index contributed by atoms with van der Waals surface area (Å²) in [6, 6.07) is 19.6. The zero-order chi connectivity index (χ0) is 38.8. The number of aryl methyl sites for hydroxylation is 1. The first-order valence-electron chi connectivity index (χ1n) is 19.4. The number of aromatic nitrogens is 2. The van der Waals surface area contributed by atoms with Gasteiger partial charge in [0.15, 0.2) is 0 Å². The Morgan fingerprint density at radius 2 is 1.42 bits per heavy atom. The van der Waals surface area contributed by atoms with Gasteiger partial charge >= 0.3 is 5.97 Å². The fraction of sp³-hybridized carbons (Fsp3) is 0.476. The number of anilines is 1. The van der Waals surface area contributed by atoms with E-state index in [0.29, 0.717) is 23.5 Å². The smallest absolute Gasteiger partial charge is 0.309 e. The highest BCUT2D eigenvalue weighted by atomic mass is 32.1. The van der Waals surface area contributed by atoms with Crippen LogP contribution in [0.5, 0.6) is 0 Å². The van der Waals surface area contributed by atoms with Crippen molar-refractivity contribution in [1.29, 1.82) is 0 Å². The summed E-state index contributed by atoms with van der Waals surface area (Å²) in [5.74, 6) is 0.460. The van der Waals surface area contributed by atoms with E-state index in [-0.39, 0.29) is 30.3 Å². The third kappa shape index (κ3) is 13.5. The number of esters is 1. The van der Waals surface area contributed by atoms with E-state index in [2.05, 4.69) is 67.0 Å². The maximum Gasteiger partial charge on any atom is 0.309 e. The molecule has 2 aliphatic rings. The van der Waals surface area contributed by atoms with Gasteiger partial charge in [-0.05, 0) is 96.1 Å². The zero-order valence-corrected chi connectivity index (χ0v) is 33.0. The lowest BCUT2D eigenvalue weighted by Gasteiger charge is -2.27. The van der Waals surface area contributed by atoms with Crippen LogP contribution in [-0.2, 0) is 25.5 Å². The normalized spacial score (nSPS) is 16.8. The van der Waals surface area contributed by atoms with Crippen LogP contribution < -0.4 is 21.3 Å². The number of nitrogens with one attached hydrogen (secondary N) is 4. The number of hydrogen-bond donors (Lipinski definition) is 4. The Bertz CT molecular complexity index is 1750. The number of ether oxygens (including phenoxy) is 2. The molecular weight excluding hydrogens is 713 g/mol. The molecule has 1 amide bonds. The molecule has 1 aromatic heterocycles. The van der Waals surface area contributed by atoms with Crippen LogP contribution in [0.1, 0.15) is 86.8 Å².